The summed E-state index contributed by atoms with van der Waals surface area (Å²) in [5.74, 6) is 0.0184. The molecule has 0 radical (unpaired) electrons. The number of rotatable bonds is 4. The molecule has 92 valence electrons. The second kappa shape index (κ2) is 5.01. The predicted octanol–water partition coefficient (Wildman–Crippen LogP) is 1.50. The van der Waals surface area contributed by atoms with Crippen molar-refractivity contribution in [2.45, 2.75) is 18.9 Å². The number of hydrogen-bond donors (Lipinski definition) is 2. The molecule has 1 fully saturated rings. The van der Waals surface area contributed by atoms with Gasteiger partial charge in [0.05, 0.1) is 4.47 Å². The number of carbonyl (C=O) groups is 1. The van der Waals surface area contributed by atoms with E-state index in [-0.39, 0.29) is 22.9 Å². The molecule has 17 heavy (non-hydrogen) atoms. The Morgan fingerprint density at radius 1 is 1.59 bits per heavy atom. The minimum atomic E-state index is -0.464. The maximum absolute atomic E-state index is 11.9. The lowest BCUT2D eigenvalue weighted by molar-refractivity contribution is -0.126. The molecular weight excluding hydrogens is 288 g/mol. The lowest BCUT2D eigenvalue weighted by atomic mass is 10.2. The summed E-state index contributed by atoms with van der Waals surface area (Å²) in [7, 11) is 1.51. The largest absolute Gasteiger partial charge is 0.371 e. The highest BCUT2D eigenvalue weighted by molar-refractivity contribution is 9.10. The molecule has 5 nitrogen and oxygen atoms in total. The van der Waals surface area contributed by atoms with Gasteiger partial charge in [0.1, 0.15) is 11.8 Å². The summed E-state index contributed by atoms with van der Waals surface area (Å²) in [5.41, 5.74) is -0.0187. The van der Waals surface area contributed by atoms with Crippen LogP contribution in [0, 0.1) is 5.92 Å². The van der Waals surface area contributed by atoms with Gasteiger partial charge in [0.2, 0.25) is 5.43 Å². The maximum atomic E-state index is 11.9. The predicted molar refractivity (Wildman–Crippen MR) is 66.9 cm³/mol. The van der Waals surface area contributed by atoms with Crippen molar-refractivity contribution in [2.24, 2.45) is 5.92 Å². The molecule has 6 heteroatoms. The van der Waals surface area contributed by atoms with Crippen LogP contribution in [0.5, 0.6) is 0 Å². The van der Waals surface area contributed by atoms with Crippen molar-refractivity contribution in [2.75, 3.05) is 12.4 Å². The van der Waals surface area contributed by atoms with E-state index in [4.69, 9.17) is 4.74 Å². The van der Waals surface area contributed by atoms with Gasteiger partial charge in [-0.3, -0.25) is 9.59 Å². The smallest absolute Gasteiger partial charge is 0.253 e. The Labute approximate surface area is 107 Å². The number of aromatic amines is 1. The zero-order chi connectivity index (χ0) is 12.4. The Morgan fingerprint density at radius 2 is 2.29 bits per heavy atom. The SMILES string of the molecule is CO[C@H](C(=O)Nc1c[nH]cc(Br)c1=O)C1CC1. The fourth-order valence-corrected chi connectivity index (χ4v) is 2.01. The van der Waals surface area contributed by atoms with Gasteiger partial charge in [-0.15, -0.1) is 0 Å². The van der Waals surface area contributed by atoms with Crippen molar-refractivity contribution in [3.63, 3.8) is 0 Å². The Hall–Kier alpha value is -1.14. The van der Waals surface area contributed by atoms with Gasteiger partial charge in [-0.05, 0) is 34.7 Å². The van der Waals surface area contributed by atoms with Gasteiger partial charge in [0, 0.05) is 19.5 Å². The molecule has 1 aromatic heterocycles. The van der Waals surface area contributed by atoms with E-state index >= 15 is 0 Å². The molecule has 1 heterocycles. The van der Waals surface area contributed by atoms with Crippen LogP contribution in [0.25, 0.3) is 0 Å². The van der Waals surface area contributed by atoms with Crippen LogP contribution in [0.15, 0.2) is 21.7 Å². The second-order valence-electron chi connectivity index (χ2n) is 4.03. The molecule has 1 amide bonds. The summed E-state index contributed by atoms with van der Waals surface area (Å²) in [6.45, 7) is 0. The number of methoxy groups -OCH3 is 1. The molecule has 2 N–H and O–H groups in total. The van der Waals surface area contributed by atoms with Gasteiger partial charge in [0.25, 0.3) is 5.91 Å². The molecule has 0 aliphatic heterocycles. The second-order valence-corrected chi connectivity index (χ2v) is 4.88. The van der Waals surface area contributed by atoms with Gasteiger partial charge in [-0.1, -0.05) is 0 Å². The number of amides is 1. The van der Waals surface area contributed by atoms with E-state index in [1.165, 1.54) is 19.5 Å². The summed E-state index contributed by atoms with van der Waals surface area (Å²) in [4.78, 5) is 26.3. The highest BCUT2D eigenvalue weighted by atomic mass is 79.9. The van der Waals surface area contributed by atoms with Crippen molar-refractivity contribution in [1.82, 2.24) is 4.98 Å². The number of aromatic nitrogens is 1. The van der Waals surface area contributed by atoms with Gasteiger partial charge in [-0.2, -0.15) is 0 Å². The van der Waals surface area contributed by atoms with Crippen molar-refractivity contribution in [3.05, 3.63) is 27.1 Å². The highest BCUT2D eigenvalue weighted by Gasteiger charge is 2.36. The van der Waals surface area contributed by atoms with Crippen LogP contribution < -0.4 is 10.7 Å². The first-order valence-corrected chi connectivity index (χ1v) is 6.13. The summed E-state index contributed by atoms with van der Waals surface area (Å²) >= 11 is 3.11. The number of halogens is 1. The molecule has 0 spiro atoms. The average molecular weight is 301 g/mol. The van der Waals surface area contributed by atoms with Crippen LogP contribution in [-0.4, -0.2) is 24.1 Å². The van der Waals surface area contributed by atoms with E-state index < -0.39 is 6.10 Å². The normalized spacial score (nSPS) is 16.6. The van der Waals surface area contributed by atoms with Crippen LogP contribution in [0.1, 0.15) is 12.8 Å². The topological polar surface area (TPSA) is 71.2 Å². The lowest BCUT2D eigenvalue weighted by Crippen LogP contribution is -2.33. The van der Waals surface area contributed by atoms with Crippen LogP contribution in [0.3, 0.4) is 0 Å². The molecule has 1 aliphatic carbocycles. The first-order valence-electron chi connectivity index (χ1n) is 5.33. The summed E-state index contributed by atoms with van der Waals surface area (Å²) in [6.07, 6.45) is 4.52. The van der Waals surface area contributed by atoms with E-state index in [9.17, 15) is 9.59 Å². The molecule has 0 unspecified atom stereocenters. The minimum absolute atomic E-state index is 0.229. The molecule has 2 rings (SSSR count). The molecule has 0 saturated heterocycles. The third kappa shape index (κ3) is 2.76. The zero-order valence-electron chi connectivity index (χ0n) is 9.33. The Balaban J connectivity index is 2.12. The van der Waals surface area contributed by atoms with Crippen LogP contribution in [-0.2, 0) is 9.53 Å². The Bertz CT molecular complexity index is 482. The van der Waals surface area contributed by atoms with Crippen LogP contribution in [0.4, 0.5) is 5.69 Å². The van der Waals surface area contributed by atoms with Crippen LogP contribution in [0.2, 0.25) is 0 Å². The van der Waals surface area contributed by atoms with E-state index in [0.717, 1.165) is 12.8 Å². The number of nitrogens with one attached hydrogen (secondary N) is 2. The molecular formula is C11H13BrN2O3. The maximum Gasteiger partial charge on any atom is 0.253 e. The summed E-state index contributed by atoms with van der Waals surface area (Å²) in [6, 6.07) is 0. The van der Waals surface area contributed by atoms with Crippen molar-refractivity contribution < 1.29 is 9.53 Å². The molecule has 1 atom stereocenters. The van der Waals surface area contributed by atoms with E-state index in [1.807, 2.05) is 0 Å². The number of ether oxygens (including phenoxy) is 1. The fraction of sp³-hybridized carbons (Fsp3) is 0.455. The number of H-pyrrole nitrogens is 1. The third-order valence-electron chi connectivity index (χ3n) is 2.72. The highest BCUT2D eigenvalue weighted by Crippen LogP contribution is 2.34. The third-order valence-corrected chi connectivity index (χ3v) is 3.31. The van der Waals surface area contributed by atoms with Gasteiger partial charge < -0.3 is 15.0 Å². The standard InChI is InChI=1S/C11H13BrN2O3/c1-17-10(6-2-3-6)11(16)14-8-5-13-4-7(12)9(8)15/h4-6,10H,2-3H2,1H3,(H,13,15)(H,14,16)/t10-/m0/s1. The number of hydrogen-bond acceptors (Lipinski definition) is 3. The van der Waals surface area contributed by atoms with Crippen molar-refractivity contribution in [3.8, 4) is 0 Å². The summed E-state index contributed by atoms with van der Waals surface area (Å²) < 4.78 is 5.53. The quantitative estimate of drug-likeness (QED) is 0.885. The first kappa shape index (κ1) is 12.3. The number of anilines is 1. The zero-order valence-corrected chi connectivity index (χ0v) is 10.9. The van der Waals surface area contributed by atoms with E-state index in [1.54, 1.807) is 0 Å². The van der Waals surface area contributed by atoms with Crippen LogP contribution >= 0.6 is 15.9 Å². The Kier molecular flexibility index (Phi) is 3.63. The molecule has 1 aliphatic rings. The Morgan fingerprint density at radius 3 is 2.88 bits per heavy atom. The lowest BCUT2D eigenvalue weighted by Gasteiger charge is -2.13. The van der Waals surface area contributed by atoms with Gasteiger partial charge >= 0.3 is 0 Å². The molecule has 1 aromatic rings. The van der Waals surface area contributed by atoms with E-state index in [2.05, 4.69) is 26.2 Å². The number of carbonyl (C=O) groups excluding carboxylic acids is 1. The summed E-state index contributed by atoms with van der Waals surface area (Å²) in [5, 5.41) is 2.59. The number of pyridine rings is 1. The fourth-order valence-electron chi connectivity index (χ4n) is 1.67. The van der Waals surface area contributed by atoms with Gasteiger partial charge in [0.15, 0.2) is 0 Å². The molecule has 0 bridgehead atoms. The van der Waals surface area contributed by atoms with E-state index in [0.29, 0.717) is 4.47 Å². The minimum Gasteiger partial charge on any atom is -0.371 e. The average Bonchev–Trinajstić information content (AvgIpc) is 3.10. The molecule has 0 aromatic carbocycles. The molecule has 1 saturated carbocycles. The monoisotopic (exact) mass is 300 g/mol. The first-order chi connectivity index (χ1) is 8.13. The van der Waals surface area contributed by atoms with Gasteiger partial charge in [-0.25, -0.2) is 0 Å². The van der Waals surface area contributed by atoms with Crippen molar-refractivity contribution >= 4 is 27.5 Å². The van der Waals surface area contributed by atoms with Crippen molar-refractivity contribution in [1.29, 1.82) is 0 Å².